The van der Waals surface area contributed by atoms with E-state index in [4.69, 9.17) is 5.73 Å². The minimum atomic E-state index is -0.616. The largest absolute Gasteiger partial charge is 0.351 e. The van der Waals surface area contributed by atoms with Crippen molar-refractivity contribution in [1.29, 1.82) is 0 Å². The summed E-state index contributed by atoms with van der Waals surface area (Å²) in [7, 11) is 0. The minimum absolute atomic E-state index is 0. The van der Waals surface area contributed by atoms with Gasteiger partial charge in [0, 0.05) is 12.0 Å². The highest BCUT2D eigenvalue weighted by molar-refractivity contribution is 5.89. The molecule has 0 spiro atoms. The number of benzene rings is 1. The third-order valence-corrected chi connectivity index (χ3v) is 3.62. The van der Waals surface area contributed by atoms with E-state index in [0.29, 0.717) is 0 Å². The van der Waals surface area contributed by atoms with Gasteiger partial charge in [0.25, 0.3) is 0 Å². The van der Waals surface area contributed by atoms with Gasteiger partial charge in [0.15, 0.2) is 0 Å². The lowest BCUT2D eigenvalue weighted by Crippen LogP contribution is -2.43. The van der Waals surface area contributed by atoms with Crippen molar-refractivity contribution in [3.05, 3.63) is 35.6 Å². The molecule has 0 aliphatic heterocycles. The van der Waals surface area contributed by atoms with Gasteiger partial charge in [0.2, 0.25) is 5.91 Å². The molecule has 2 fully saturated rings. The maximum atomic E-state index is 13.0. The van der Waals surface area contributed by atoms with E-state index in [1.807, 2.05) is 6.07 Å². The normalized spacial score (nSPS) is 27.0. The lowest BCUT2D eigenvalue weighted by molar-refractivity contribution is -0.123. The molecule has 2 unspecified atom stereocenters. The Hall–Kier alpha value is -1.13. The third-order valence-electron chi connectivity index (χ3n) is 3.62. The van der Waals surface area contributed by atoms with E-state index >= 15 is 0 Å². The standard InChI is InChI=1S/C13H15FN2O.ClH/c14-9-3-1-2-8(6-9)10-7-11(10)16-12(17)13(15)4-5-13;/h1-3,6,10-11H,4-5,7,15H2,(H,16,17);1H. The number of halogens is 2. The molecule has 2 saturated carbocycles. The van der Waals surface area contributed by atoms with Crippen LogP contribution in [0.5, 0.6) is 0 Å². The Balaban J connectivity index is 0.00000120. The number of nitrogens with two attached hydrogens (primary N) is 1. The van der Waals surface area contributed by atoms with Crippen LogP contribution in [0.4, 0.5) is 4.39 Å². The Bertz CT molecular complexity index is 476. The van der Waals surface area contributed by atoms with E-state index in [2.05, 4.69) is 5.32 Å². The second-order valence-corrected chi connectivity index (χ2v) is 5.13. The van der Waals surface area contributed by atoms with Crippen LogP contribution in [0.1, 0.15) is 30.7 Å². The van der Waals surface area contributed by atoms with Crippen LogP contribution in [0.25, 0.3) is 0 Å². The summed E-state index contributed by atoms with van der Waals surface area (Å²) in [5, 5.41) is 2.94. The molecule has 1 aromatic rings. The molecular weight excluding hydrogens is 255 g/mol. The average molecular weight is 271 g/mol. The molecule has 98 valence electrons. The van der Waals surface area contributed by atoms with Crippen LogP contribution in [0.3, 0.4) is 0 Å². The molecule has 0 heterocycles. The quantitative estimate of drug-likeness (QED) is 0.879. The van der Waals surface area contributed by atoms with Crippen LogP contribution in [-0.2, 0) is 4.79 Å². The van der Waals surface area contributed by atoms with E-state index in [1.54, 1.807) is 6.07 Å². The molecule has 2 atom stereocenters. The van der Waals surface area contributed by atoms with Crippen molar-refractivity contribution in [3.8, 4) is 0 Å². The van der Waals surface area contributed by atoms with E-state index in [1.165, 1.54) is 12.1 Å². The molecule has 2 aliphatic carbocycles. The van der Waals surface area contributed by atoms with Crippen molar-refractivity contribution >= 4 is 18.3 Å². The summed E-state index contributed by atoms with van der Waals surface area (Å²) in [6.07, 6.45) is 2.43. The van der Waals surface area contributed by atoms with Crippen LogP contribution < -0.4 is 11.1 Å². The van der Waals surface area contributed by atoms with Gasteiger partial charge in [-0.25, -0.2) is 4.39 Å². The van der Waals surface area contributed by atoms with Crippen molar-refractivity contribution in [2.45, 2.75) is 36.8 Å². The highest BCUT2D eigenvalue weighted by Gasteiger charge is 2.49. The number of nitrogens with one attached hydrogen (secondary N) is 1. The smallest absolute Gasteiger partial charge is 0.240 e. The number of rotatable bonds is 3. The van der Waals surface area contributed by atoms with Gasteiger partial charge in [-0.2, -0.15) is 0 Å². The molecule has 3 N–H and O–H groups in total. The van der Waals surface area contributed by atoms with Gasteiger partial charge in [-0.05, 0) is 37.0 Å². The minimum Gasteiger partial charge on any atom is -0.351 e. The highest BCUT2D eigenvalue weighted by Crippen LogP contribution is 2.42. The lowest BCUT2D eigenvalue weighted by atomic mass is 10.1. The fourth-order valence-electron chi connectivity index (χ4n) is 2.13. The number of carbonyl (C=O) groups is 1. The van der Waals surface area contributed by atoms with E-state index < -0.39 is 5.54 Å². The van der Waals surface area contributed by atoms with Crippen molar-refractivity contribution < 1.29 is 9.18 Å². The molecular formula is C13H16ClFN2O. The Morgan fingerprint density at radius 3 is 2.78 bits per heavy atom. The van der Waals surface area contributed by atoms with Crippen LogP contribution in [0.2, 0.25) is 0 Å². The number of hydrogen-bond donors (Lipinski definition) is 2. The third kappa shape index (κ3) is 2.49. The van der Waals surface area contributed by atoms with E-state index in [9.17, 15) is 9.18 Å². The van der Waals surface area contributed by atoms with E-state index in [0.717, 1.165) is 24.8 Å². The summed E-state index contributed by atoms with van der Waals surface area (Å²) in [5.74, 6) is -0.0321. The van der Waals surface area contributed by atoms with Crippen molar-refractivity contribution in [2.75, 3.05) is 0 Å². The second-order valence-electron chi connectivity index (χ2n) is 5.13. The van der Waals surface area contributed by atoms with Crippen LogP contribution >= 0.6 is 12.4 Å². The van der Waals surface area contributed by atoms with Gasteiger partial charge in [-0.15, -0.1) is 12.4 Å². The van der Waals surface area contributed by atoms with Gasteiger partial charge in [-0.1, -0.05) is 12.1 Å². The van der Waals surface area contributed by atoms with Crippen molar-refractivity contribution in [1.82, 2.24) is 5.32 Å². The molecule has 2 aliphatic rings. The van der Waals surface area contributed by atoms with Gasteiger partial charge in [0.1, 0.15) is 5.82 Å². The lowest BCUT2D eigenvalue weighted by Gasteiger charge is -2.09. The second kappa shape index (κ2) is 4.52. The molecule has 0 saturated heterocycles. The van der Waals surface area contributed by atoms with E-state index in [-0.39, 0.29) is 36.1 Å². The van der Waals surface area contributed by atoms with Gasteiger partial charge in [0.05, 0.1) is 5.54 Å². The summed E-state index contributed by atoms with van der Waals surface area (Å²) in [6, 6.07) is 6.69. The summed E-state index contributed by atoms with van der Waals surface area (Å²) < 4.78 is 13.0. The fraction of sp³-hybridized carbons (Fsp3) is 0.462. The summed E-state index contributed by atoms with van der Waals surface area (Å²) in [6.45, 7) is 0. The molecule has 0 bridgehead atoms. The zero-order valence-corrected chi connectivity index (χ0v) is 10.7. The predicted octanol–water partition coefficient (Wildman–Crippen LogP) is 1.71. The number of carbonyl (C=O) groups excluding carboxylic acids is 1. The number of amides is 1. The Morgan fingerprint density at radius 2 is 2.17 bits per heavy atom. The van der Waals surface area contributed by atoms with Crippen LogP contribution in [0.15, 0.2) is 24.3 Å². The average Bonchev–Trinajstić information content (AvgIpc) is 3.17. The molecule has 0 aromatic heterocycles. The summed E-state index contributed by atoms with van der Waals surface area (Å²) in [4.78, 5) is 11.7. The van der Waals surface area contributed by atoms with Crippen LogP contribution in [0, 0.1) is 5.82 Å². The van der Waals surface area contributed by atoms with Crippen LogP contribution in [-0.4, -0.2) is 17.5 Å². The van der Waals surface area contributed by atoms with Crippen molar-refractivity contribution in [3.63, 3.8) is 0 Å². The monoisotopic (exact) mass is 270 g/mol. The molecule has 3 nitrogen and oxygen atoms in total. The zero-order chi connectivity index (χ0) is 12.0. The first-order valence-corrected chi connectivity index (χ1v) is 5.94. The maximum absolute atomic E-state index is 13.0. The first-order valence-electron chi connectivity index (χ1n) is 5.94. The first kappa shape index (κ1) is 13.3. The molecule has 1 amide bonds. The molecule has 5 heteroatoms. The summed E-state index contributed by atoms with van der Waals surface area (Å²) in [5.41, 5.74) is 6.14. The maximum Gasteiger partial charge on any atom is 0.240 e. The van der Waals surface area contributed by atoms with Gasteiger partial charge in [-0.3, -0.25) is 4.79 Å². The van der Waals surface area contributed by atoms with Gasteiger partial charge < -0.3 is 11.1 Å². The Kier molecular flexibility index (Phi) is 3.34. The predicted molar refractivity (Wildman–Crippen MR) is 69.1 cm³/mol. The zero-order valence-electron chi connectivity index (χ0n) is 9.86. The Morgan fingerprint density at radius 1 is 1.44 bits per heavy atom. The fourth-order valence-corrected chi connectivity index (χ4v) is 2.13. The summed E-state index contributed by atoms with van der Waals surface area (Å²) >= 11 is 0. The topological polar surface area (TPSA) is 55.1 Å². The number of hydrogen-bond acceptors (Lipinski definition) is 2. The highest BCUT2D eigenvalue weighted by atomic mass is 35.5. The molecule has 1 aromatic carbocycles. The molecule has 0 radical (unpaired) electrons. The van der Waals surface area contributed by atoms with Gasteiger partial charge >= 0.3 is 0 Å². The first-order chi connectivity index (χ1) is 8.08. The molecule has 3 rings (SSSR count). The molecule has 18 heavy (non-hydrogen) atoms. The SMILES string of the molecule is Cl.NC1(C(=O)NC2CC2c2cccc(F)c2)CC1. The van der Waals surface area contributed by atoms with Crippen molar-refractivity contribution in [2.24, 2.45) is 5.73 Å². The Labute approximate surface area is 111 Å².